The van der Waals surface area contributed by atoms with Crippen LogP contribution < -0.4 is 21.6 Å². The molecule has 0 bridgehead atoms. The lowest BCUT2D eigenvalue weighted by molar-refractivity contribution is 0.409. The van der Waals surface area contributed by atoms with E-state index in [9.17, 15) is 9.59 Å². The molecule has 1 heterocycles. The second-order valence-electron chi connectivity index (χ2n) is 4.93. The molecule has 6 nitrogen and oxygen atoms in total. The van der Waals surface area contributed by atoms with Gasteiger partial charge in [-0.05, 0) is 25.5 Å². The summed E-state index contributed by atoms with van der Waals surface area (Å²) in [6, 6.07) is 5.55. The highest BCUT2D eigenvalue weighted by atomic mass is 16.5. The predicted octanol–water partition coefficient (Wildman–Crippen LogP) is 0.669. The fourth-order valence-corrected chi connectivity index (χ4v) is 2.14. The minimum absolute atomic E-state index is 0.200. The lowest BCUT2D eigenvalue weighted by atomic mass is 10.1. The van der Waals surface area contributed by atoms with Crippen molar-refractivity contribution >= 4 is 0 Å². The molecule has 0 saturated carbocycles. The SMILES string of the molecule is COc1cc(Cn2[nH]c(=O)c(C)c(C)c2=O)ccc1CN. The van der Waals surface area contributed by atoms with Crippen LogP contribution in [0.5, 0.6) is 5.75 Å². The number of ether oxygens (including phenoxy) is 1. The monoisotopic (exact) mass is 289 g/mol. The third-order valence-electron chi connectivity index (χ3n) is 3.62. The van der Waals surface area contributed by atoms with Crippen molar-refractivity contribution in [3.05, 3.63) is 61.2 Å². The van der Waals surface area contributed by atoms with Crippen LogP contribution in [-0.2, 0) is 13.1 Å². The molecule has 0 spiro atoms. The fourth-order valence-electron chi connectivity index (χ4n) is 2.14. The average Bonchev–Trinajstić information content (AvgIpc) is 2.50. The van der Waals surface area contributed by atoms with Gasteiger partial charge in [0.25, 0.3) is 11.1 Å². The number of H-pyrrole nitrogens is 1. The lowest BCUT2D eigenvalue weighted by Gasteiger charge is -2.11. The van der Waals surface area contributed by atoms with Gasteiger partial charge in [-0.25, -0.2) is 4.68 Å². The lowest BCUT2D eigenvalue weighted by Crippen LogP contribution is -2.33. The number of nitrogens with one attached hydrogen (secondary N) is 1. The van der Waals surface area contributed by atoms with Gasteiger partial charge in [0.05, 0.1) is 13.7 Å². The Morgan fingerprint density at radius 1 is 1.24 bits per heavy atom. The van der Waals surface area contributed by atoms with Crippen LogP contribution in [0.1, 0.15) is 22.3 Å². The summed E-state index contributed by atoms with van der Waals surface area (Å²) in [7, 11) is 1.57. The Morgan fingerprint density at radius 3 is 2.57 bits per heavy atom. The van der Waals surface area contributed by atoms with Gasteiger partial charge in [0.15, 0.2) is 0 Å². The third kappa shape index (κ3) is 2.90. The zero-order valence-corrected chi connectivity index (χ0v) is 12.4. The van der Waals surface area contributed by atoms with Gasteiger partial charge in [0.2, 0.25) is 0 Å². The molecular weight excluding hydrogens is 270 g/mol. The minimum atomic E-state index is -0.252. The molecule has 3 N–H and O–H groups in total. The van der Waals surface area contributed by atoms with Crippen LogP contribution in [0, 0.1) is 13.8 Å². The summed E-state index contributed by atoms with van der Waals surface area (Å²) in [6.45, 7) is 3.95. The van der Waals surface area contributed by atoms with Gasteiger partial charge in [0, 0.05) is 23.2 Å². The Labute approximate surface area is 122 Å². The first-order chi connectivity index (χ1) is 9.97. The number of nitrogens with two attached hydrogens (primary N) is 1. The maximum absolute atomic E-state index is 12.2. The van der Waals surface area contributed by atoms with Crippen LogP contribution in [0.4, 0.5) is 0 Å². The average molecular weight is 289 g/mol. The molecule has 0 fully saturated rings. The fraction of sp³-hybridized carbons (Fsp3) is 0.333. The van der Waals surface area contributed by atoms with E-state index in [-0.39, 0.29) is 17.7 Å². The second-order valence-corrected chi connectivity index (χ2v) is 4.93. The Hall–Kier alpha value is -2.34. The van der Waals surface area contributed by atoms with Gasteiger partial charge >= 0.3 is 0 Å². The van der Waals surface area contributed by atoms with Crippen LogP contribution in [0.3, 0.4) is 0 Å². The quantitative estimate of drug-likeness (QED) is 0.865. The maximum atomic E-state index is 12.2. The van der Waals surface area contributed by atoms with Crippen molar-refractivity contribution in [3.8, 4) is 5.75 Å². The predicted molar refractivity (Wildman–Crippen MR) is 80.8 cm³/mol. The van der Waals surface area contributed by atoms with Gasteiger partial charge in [0.1, 0.15) is 5.75 Å². The first-order valence-electron chi connectivity index (χ1n) is 6.64. The number of nitrogens with zero attached hydrogens (tertiary/aromatic N) is 1. The van der Waals surface area contributed by atoms with Crippen LogP contribution >= 0.6 is 0 Å². The van der Waals surface area contributed by atoms with Crippen molar-refractivity contribution in [2.75, 3.05) is 7.11 Å². The van der Waals surface area contributed by atoms with Crippen molar-refractivity contribution in [1.29, 1.82) is 0 Å². The third-order valence-corrected chi connectivity index (χ3v) is 3.62. The molecular formula is C15H19N3O3. The van der Waals surface area contributed by atoms with Crippen molar-refractivity contribution < 1.29 is 4.74 Å². The number of methoxy groups -OCH3 is 1. The summed E-state index contributed by atoms with van der Waals surface area (Å²) in [5, 5.41) is 2.58. The molecule has 21 heavy (non-hydrogen) atoms. The highest BCUT2D eigenvalue weighted by molar-refractivity contribution is 5.37. The smallest absolute Gasteiger partial charge is 0.268 e. The zero-order valence-electron chi connectivity index (χ0n) is 12.4. The van der Waals surface area contributed by atoms with E-state index in [1.165, 1.54) is 4.68 Å². The summed E-state index contributed by atoms with van der Waals surface area (Å²) < 4.78 is 6.58. The Kier molecular flexibility index (Phi) is 4.28. The van der Waals surface area contributed by atoms with E-state index < -0.39 is 0 Å². The number of hydrogen-bond donors (Lipinski definition) is 2. The second kappa shape index (κ2) is 5.97. The largest absolute Gasteiger partial charge is 0.496 e. The normalized spacial score (nSPS) is 10.7. The summed E-state index contributed by atoms with van der Waals surface area (Å²) >= 11 is 0. The molecule has 1 aromatic heterocycles. The molecule has 0 aliphatic rings. The van der Waals surface area contributed by atoms with Gasteiger partial charge in [-0.1, -0.05) is 12.1 Å². The van der Waals surface area contributed by atoms with Crippen molar-refractivity contribution in [1.82, 2.24) is 9.78 Å². The highest BCUT2D eigenvalue weighted by Crippen LogP contribution is 2.19. The molecule has 0 aliphatic carbocycles. The first kappa shape index (κ1) is 15.1. The maximum Gasteiger partial charge on any atom is 0.268 e. The van der Waals surface area contributed by atoms with E-state index in [4.69, 9.17) is 10.5 Å². The van der Waals surface area contributed by atoms with Crippen molar-refractivity contribution in [3.63, 3.8) is 0 Å². The van der Waals surface area contributed by atoms with Crippen LogP contribution in [0.2, 0.25) is 0 Å². The Bertz CT molecular complexity index is 775. The first-order valence-corrected chi connectivity index (χ1v) is 6.64. The van der Waals surface area contributed by atoms with E-state index in [1.807, 2.05) is 18.2 Å². The topological polar surface area (TPSA) is 90.1 Å². The summed E-state index contributed by atoms with van der Waals surface area (Å²) in [5.41, 5.74) is 7.83. The number of rotatable bonds is 4. The Balaban J connectivity index is 2.44. The highest BCUT2D eigenvalue weighted by Gasteiger charge is 2.09. The molecule has 0 saturated heterocycles. The van der Waals surface area contributed by atoms with E-state index >= 15 is 0 Å². The van der Waals surface area contributed by atoms with Gasteiger partial charge < -0.3 is 10.5 Å². The summed E-state index contributed by atoms with van der Waals surface area (Å²) in [6.07, 6.45) is 0. The van der Waals surface area contributed by atoms with E-state index in [2.05, 4.69) is 5.10 Å². The standard InChI is InChI=1S/C15H19N3O3/c1-9-10(2)15(20)18(17-14(9)19)8-11-4-5-12(7-16)13(6-11)21-3/h4-6H,7-8,16H2,1-3H3,(H,17,19). The minimum Gasteiger partial charge on any atom is -0.496 e. The number of benzene rings is 1. The molecule has 0 amide bonds. The van der Waals surface area contributed by atoms with Crippen LogP contribution in [0.15, 0.2) is 27.8 Å². The summed E-state index contributed by atoms with van der Waals surface area (Å²) in [5.74, 6) is 0.675. The van der Waals surface area contributed by atoms with Crippen molar-refractivity contribution in [2.45, 2.75) is 26.9 Å². The molecule has 1 aromatic carbocycles. The number of hydrogen-bond acceptors (Lipinski definition) is 4. The Morgan fingerprint density at radius 2 is 1.95 bits per heavy atom. The van der Waals surface area contributed by atoms with Crippen molar-refractivity contribution in [2.24, 2.45) is 5.73 Å². The molecule has 0 aliphatic heterocycles. The summed E-state index contributed by atoms with van der Waals surface area (Å²) in [4.78, 5) is 23.9. The molecule has 2 rings (SSSR count). The molecule has 0 radical (unpaired) electrons. The molecule has 2 aromatic rings. The molecule has 0 unspecified atom stereocenters. The van der Waals surface area contributed by atoms with E-state index in [1.54, 1.807) is 21.0 Å². The van der Waals surface area contributed by atoms with E-state index in [0.717, 1.165) is 11.1 Å². The number of aromatic nitrogens is 2. The van der Waals surface area contributed by atoms with Crippen LogP contribution in [-0.4, -0.2) is 16.9 Å². The molecule has 0 atom stereocenters. The molecule has 6 heteroatoms. The van der Waals surface area contributed by atoms with Gasteiger partial charge in [-0.3, -0.25) is 14.7 Å². The van der Waals surface area contributed by atoms with Gasteiger partial charge in [-0.2, -0.15) is 0 Å². The molecule has 112 valence electrons. The zero-order chi connectivity index (χ0) is 15.6. The van der Waals surface area contributed by atoms with Gasteiger partial charge in [-0.15, -0.1) is 0 Å². The van der Waals surface area contributed by atoms with E-state index in [0.29, 0.717) is 23.4 Å². The number of aromatic amines is 1. The van der Waals surface area contributed by atoms with Crippen LogP contribution in [0.25, 0.3) is 0 Å².